The maximum absolute atomic E-state index is 11.1. The van der Waals surface area contributed by atoms with Crippen LogP contribution in [0.15, 0.2) is 30.3 Å². The van der Waals surface area contributed by atoms with Crippen molar-refractivity contribution in [2.75, 3.05) is 6.54 Å². The Kier molecular flexibility index (Phi) is 3.64. The highest BCUT2D eigenvalue weighted by Gasteiger charge is 2.45. The van der Waals surface area contributed by atoms with E-state index in [9.17, 15) is 5.11 Å². The molecule has 19 heavy (non-hydrogen) atoms. The molecule has 0 radical (unpaired) electrons. The van der Waals surface area contributed by atoms with Gasteiger partial charge < -0.3 is 5.11 Å². The van der Waals surface area contributed by atoms with Gasteiger partial charge in [-0.25, -0.2) is 0 Å². The molecule has 2 nitrogen and oxygen atoms in total. The average molecular weight is 259 g/mol. The minimum Gasteiger partial charge on any atom is -0.385 e. The molecule has 2 heterocycles. The molecular formula is C17H25NO. The van der Waals surface area contributed by atoms with E-state index >= 15 is 0 Å². The predicted molar refractivity (Wildman–Crippen MR) is 78.0 cm³/mol. The highest BCUT2D eigenvalue weighted by atomic mass is 16.3. The number of hydrogen-bond acceptors (Lipinski definition) is 2. The lowest BCUT2D eigenvalue weighted by Crippen LogP contribution is -2.56. The van der Waals surface area contributed by atoms with Crippen LogP contribution < -0.4 is 0 Å². The lowest BCUT2D eigenvalue weighted by Gasteiger charge is -2.52. The van der Waals surface area contributed by atoms with Crippen LogP contribution in [0, 0.1) is 0 Å². The summed E-state index contributed by atoms with van der Waals surface area (Å²) in [5, 5.41) is 11.1. The summed E-state index contributed by atoms with van der Waals surface area (Å²) in [5.74, 6) is 0. The van der Waals surface area contributed by atoms with Crippen LogP contribution >= 0.6 is 0 Å². The highest BCUT2D eigenvalue weighted by Crippen LogP contribution is 2.44. The van der Waals surface area contributed by atoms with Crippen molar-refractivity contribution in [2.24, 2.45) is 0 Å². The summed E-state index contributed by atoms with van der Waals surface area (Å²) in [6, 6.07) is 11.5. The Balaban J connectivity index is 1.84. The van der Waals surface area contributed by atoms with E-state index in [0.717, 1.165) is 18.4 Å². The molecule has 2 atom stereocenters. The minimum atomic E-state index is -0.596. The maximum Gasteiger partial charge on any atom is 0.0926 e. The van der Waals surface area contributed by atoms with Crippen LogP contribution in [-0.4, -0.2) is 28.6 Å². The van der Waals surface area contributed by atoms with Gasteiger partial charge in [0.1, 0.15) is 0 Å². The molecule has 0 spiro atoms. The van der Waals surface area contributed by atoms with Crippen molar-refractivity contribution in [1.82, 2.24) is 4.90 Å². The normalized spacial score (nSPS) is 35.3. The molecule has 2 saturated heterocycles. The van der Waals surface area contributed by atoms with Crippen LogP contribution in [0.5, 0.6) is 0 Å². The molecule has 2 aliphatic rings. The van der Waals surface area contributed by atoms with Crippen LogP contribution in [0.25, 0.3) is 0 Å². The van der Waals surface area contributed by atoms with E-state index in [1.54, 1.807) is 0 Å². The van der Waals surface area contributed by atoms with Gasteiger partial charge in [-0.15, -0.1) is 0 Å². The third-order valence-electron chi connectivity index (χ3n) is 4.95. The predicted octanol–water partition coefficient (Wildman–Crippen LogP) is 3.30. The fourth-order valence-corrected chi connectivity index (χ4v) is 4.13. The fourth-order valence-electron chi connectivity index (χ4n) is 4.13. The van der Waals surface area contributed by atoms with Crippen LogP contribution in [0.1, 0.15) is 51.0 Å². The molecular weight excluding hydrogens is 234 g/mol. The van der Waals surface area contributed by atoms with Gasteiger partial charge in [0.05, 0.1) is 5.60 Å². The summed E-state index contributed by atoms with van der Waals surface area (Å²) >= 11 is 0. The van der Waals surface area contributed by atoms with Crippen molar-refractivity contribution in [1.29, 1.82) is 0 Å². The van der Waals surface area contributed by atoms with E-state index in [0.29, 0.717) is 12.1 Å². The number of rotatable bonds is 3. The lowest BCUT2D eigenvalue weighted by atomic mass is 9.72. The number of piperidine rings is 2. The summed E-state index contributed by atoms with van der Waals surface area (Å²) in [6.45, 7) is 3.45. The Morgan fingerprint density at radius 2 is 1.79 bits per heavy atom. The summed E-state index contributed by atoms with van der Waals surface area (Å²) < 4.78 is 0. The molecule has 0 unspecified atom stereocenters. The Morgan fingerprint density at radius 1 is 1.16 bits per heavy atom. The van der Waals surface area contributed by atoms with Crippen molar-refractivity contribution >= 4 is 0 Å². The third kappa shape index (κ3) is 2.44. The number of hydrogen-bond donors (Lipinski definition) is 1. The summed E-state index contributed by atoms with van der Waals surface area (Å²) in [5.41, 5.74) is 0.518. The van der Waals surface area contributed by atoms with Crippen molar-refractivity contribution in [3.05, 3.63) is 35.9 Å². The maximum atomic E-state index is 11.1. The first kappa shape index (κ1) is 13.1. The first-order valence-electron chi connectivity index (χ1n) is 7.76. The van der Waals surface area contributed by atoms with Gasteiger partial charge in [-0.3, -0.25) is 4.90 Å². The van der Waals surface area contributed by atoms with Gasteiger partial charge in [0.15, 0.2) is 0 Å². The smallest absolute Gasteiger partial charge is 0.0926 e. The van der Waals surface area contributed by atoms with Gasteiger partial charge in [0, 0.05) is 12.1 Å². The zero-order valence-electron chi connectivity index (χ0n) is 11.9. The largest absolute Gasteiger partial charge is 0.385 e. The second-order valence-electron chi connectivity index (χ2n) is 6.28. The zero-order valence-corrected chi connectivity index (χ0v) is 11.9. The SMILES string of the molecule is CCCN1[C@H]2CCC[C@H]1CC(O)(c1ccccc1)C2. The van der Waals surface area contributed by atoms with E-state index in [-0.39, 0.29) is 0 Å². The first-order chi connectivity index (χ1) is 9.23. The van der Waals surface area contributed by atoms with Gasteiger partial charge in [-0.05, 0) is 44.2 Å². The van der Waals surface area contributed by atoms with E-state index in [1.165, 1.54) is 32.2 Å². The van der Waals surface area contributed by atoms with Gasteiger partial charge in [0.2, 0.25) is 0 Å². The van der Waals surface area contributed by atoms with E-state index in [2.05, 4.69) is 24.0 Å². The topological polar surface area (TPSA) is 23.5 Å². The van der Waals surface area contributed by atoms with Gasteiger partial charge >= 0.3 is 0 Å². The monoisotopic (exact) mass is 259 g/mol. The zero-order chi connectivity index (χ0) is 13.3. The van der Waals surface area contributed by atoms with Crippen LogP contribution in [0.2, 0.25) is 0 Å². The third-order valence-corrected chi connectivity index (χ3v) is 4.95. The number of nitrogens with zero attached hydrogens (tertiary/aromatic N) is 1. The van der Waals surface area contributed by atoms with Crippen LogP contribution in [0.4, 0.5) is 0 Å². The fraction of sp³-hybridized carbons (Fsp3) is 0.647. The summed E-state index contributed by atoms with van der Waals surface area (Å²) in [6.07, 6.45) is 6.88. The molecule has 1 aromatic rings. The molecule has 0 saturated carbocycles. The molecule has 0 aliphatic carbocycles. The van der Waals surface area contributed by atoms with Crippen molar-refractivity contribution in [3.63, 3.8) is 0 Å². The van der Waals surface area contributed by atoms with Crippen LogP contribution in [-0.2, 0) is 5.60 Å². The molecule has 0 aromatic heterocycles. The molecule has 2 aliphatic heterocycles. The molecule has 104 valence electrons. The summed E-state index contributed by atoms with van der Waals surface area (Å²) in [7, 11) is 0. The Hall–Kier alpha value is -0.860. The van der Waals surface area contributed by atoms with Gasteiger partial charge in [-0.1, -0.05) is 43.7 Å². The Labute approximate surface area is 116 Å². The number of aliphatic hydroxyl groups is 1. The van der Waals surface area contributed by atoms with Crippen molar-refractivity contribution in [3.8, 4) is 0 Å². The lowest BCUT2D eigenvalue weighted by molar-refractivity contribution is -0.0964. The van der Waals surface area contributed by atoms with E-state index < -0.39 is 5.60 Å². The Bertz CT molecular complexity index is 403. The number of benzene rings is 1. The first-order valence-corrected chi connectivity index (χ1v) is 7.76. The molecule has 2 heteroatoms. The standard InChI is InChI=1S/C17H25NO/c1-2-11-18-15-9-6-10-16(18)13-17(19,12-15)14-7-4-3-5-8-14/h3-5,7-8,15-16,19H,2,6,9-13H2,1H3/t15-,16-/m0/s1. The molecule has 1 N–H and O–H groups in total. The average Bonchev–Trinajstić information content (AvgIpc) is 2.41. The van der Waals surface area contributed by atoms with Gasteiger partial charge in [0.25, 0.3) is 0 Å². The Morgan fingerprint density at radius 3 is 2.37 bits per heavy atom. The molecule has 2 fully saturated rings. The van der Waals surface area contributed by atoms with E-state index in [1.807, 2.05) is 18.2 Å². The minimum absolute atomic E-state index is 0.581. The second-order valence-corrected chi connectivity index (χ2v) is 6.28. The molecule has 2 bridgehead atoms. The van der Waals surface area contributed by atoms with E-state index in [4.69, 9.17) is 0 Å². The second kappa shape index (κ2) is 5.26. The quantitative estimate of drug-likeness (QED) is 0.900. The molecule has 3 rings (SSSR count). The van der Waals surface area contributed by atoms with Crippen molar-refractivity contribution in [2.45, 2.75) is 63.1 Å². The van der Waals surface area contributed by atoms with Crippen molar-refractivity contribution < 1.29 is 5.11 Å². The summed E-state index contributed by atoms with van der Waals surface area (Å²) in [4.78, 5) is 2.67. The van der Waals surface area contributed by atoms with Crippen LogP contribution in [0.3, 0.4) is 0 Å². The molecule has 1 aromatic carbocycles. The van der Waals surface area contributed by atoms with Gasteiger partial charge in [-0.2, -0.15) is 0 Å². The highest BCUT2D eigenvalue weighted by molar-refractivity contribution is 5.24. The molecule has 0 amide bonds. The number of fused-ring (bicyclic) bond motifs is 2.